The lowest BCUT2D eigenvalue weighted by atomic mass is 9.75. The van der Waals surface area contributed by atoms with E-state index in [0.29, 0.717) is 10.4 Å². The van der Waals surface area contributed by atoms with E-state index in [-0.39, 0.29) is 11.5 Å². The molecule has 0 aliphatic carbocycles. The second-order valence-corrected chi connectivity index (χ2v) is 4.06. The number of hydrogen-bond donors (Lipinski definition) is 0. The number of nitro benzene ring substituents is 1. The molecule has 0 bridgehead atoms. The van der Waals surface area contributed by atoms with Gasteiger partial charge in [0.05, 0.1) is 9.80 Å². The normalized spacial score (nSPS) is 10.0. The number of thiophene rings is 1. The summed E-state index contributed by atoms with van der Waals surface area (Å²) >= 11 is 1.35. The van der Waals surface area contributed by atoms with Crippen molar-refractivity contribution >= 4 is 22.8 Å². The van der Waals surface area contributed by atoms with Gasteiger partial charge in [-0.3, -0.25) is 14.9 Å². The van der Waals surface area contributed by atoms with Crippen molar-refractivity contribution in [2.24, 2.45) is 0 Å². The summed E-state index contributed by atoms with van der Waals surface area (Å²) in [4.78, 5) is 22.4. The van der Waals surface area contributed by atoms with Gasteiger partial charge in [-0.2, -0.15) is 0 Å². The molecule has 1 heterocycles. The lowest BCUT2D eigenvalue weighted by Gasteiger charge is -1.97. The lowest BCUT2D eigenvalue weighted by molar-refractivity contribution is -0.384. The number of nitro groups is 1. The van der Waals surface area contributed by atoms with Gasteiger partial charge in [-0.15, -0.1) is 11.3 Å². The van der Waals surface area contributed by atoms with Crippen LogP contribution in [0.4, 0.5) is 5.69 Å². The van der Waals surface area contributed by atoms with E-state index in [4.69, 9.17) is 0 Å². The molecule has 0 saturated carbocycles. The van der Waals surface area contributed by atoms with Crippen molar-refractivity contribution in [3.05, 3.63) is 62.3 Å². The number of ketones is 1. The molecule has 2 rings (SSSR count). The monoisotopic (exact) mass is 232 g/mol. The summed E-state index contributed by atoms with van der Waals surface area (Å²) in [6, 6.07) is 9.14. The van der Waals surface area contributed by atoms with Crippen LogP contribution in [0, 0.1) is 10.1 Å². The molecule has 0 fully saturated rings. The number of nitrogens with zero attached hydrogens (tertiary/aromatic N) is 1. The molecule has 1 aromatic carbocycles. The average molecular weight is 232 g/mol. The molecule has 4 nitrogen and oxygen atoms in total. The van der Waals surface area contributed by atoms with E-state index >= 15 is 0 Å². The zero-order valence-corrected chi connectivity index (χ0v) is 8.94. The summed E-state index contributed by atoms with van der Waals surface area (Å²) in [6.07, 6.45) is 0. The third-order valence-electron chi connectivity index (χ3n) is 2.09. The predicted molar refractivity (Wildman–Crippen MR) is 60.8 cm³/mol. The highest BCUT2D eigenvalue weighted by atomic mass is 32.1. The van der Waals surface area contributed by atoms with Gasteiger partial charge in [0, 0.05) is 17.7 Å². The van der Waals surface area contributed by atoms with E-state index in [0.717, 1.165) is 0 Å². The van der Waals surface area contributed by atoms with E-state index in [1.165, 1.54) is 35.6 Å². The van der Waals surface area contributed by atoms with Crippen molar-refractivity contribution in [2.45, 2.75) is 0 Å². The van der Waals surface area contributed by atoms with E-state index in [2.05, 4.69) is 0 Å². The van der Waals surface area contributed by atoms with E-state index in [1.54, 1.807) is 12.1 Å². The summed E-state index contributed by atoms with van der Waals surface area (Å²) in [5, 5.41) is 12.3. The predicted octanol–water partition coefficient (Wildman–Crippen LogP) is 2.89. The molecule has 0 radical (unpaired) electrons. The summed E-state index contributed by atoms with van der Waals surface area (Å²) in [7, 11) is 0. The van der Waals surface area contributed by atoms with Crippen LogP contribution in [0.2, 0.25) is 0 Å². The minimum atomic E-state index is -0.487. The number of benzene rings is 1. The van der Waals surface area contributed by atoms with Gasteiger partial charge in [-0.25, -0.2) is 0 Å². The maximum atomic E-state index is 11.8. The van der Waals surface area contributed by atoms with Crippen molar-refractivity contribution in [2.75, 3.05) is 0 Å². The van der Waals surface area contributed by atoms with Gasteiger partial charge in [0.2, 0.25) is 5.78 Å². The first-order valence-corrected chi connectivity index (χ1v) is 5.39. The SMILES string of the molecule is O=[11C](c1ccc([N+](=O)[O-])cc1)c1cccs1. The maximum Gasteiger partial charge on any atom is 0.269 e. The number of carbonyl (C=O) groups excluding carboxylic acids is 1. The molecule has 5 heteroatoms. The molecule has 0 atom stereocenters. The van der Waals surface area contributed by atoms with Gasteiger partial charge in [0.15, 0.2) is 0 Å². The molecular formula is C11H7NO3S. The van der Waals surface area contributed by atoms with Crippen LogP contribution in [0.15, 0.2) is 41.8 Å². The van der Waals surface area contributed by atoms with E-state index in [1.807, 2.05) is 5.38 Å². The molecule has 0 amide bonds. The van der Waals surface area contributed by atoms with Crippen molar-refractivity contribution in [3.8, 4) is 0 Å². The third-order valence-corrected chi connectivity index (χ3v) is 2.95. The molecule has 0 aliphatic heterocycles. The van der Waals surface area contributed by atoms with Crippen LogP contribution in [0.25, 0.3) is 0 Å². The first kappa shape index (κ1) is 10.5. The maximum absolute atomic E-state index is 11.8. The quantitative estimate of drug-likeness (QED) is 0.464. The molecule has 16 heavy (non-hydrogen) atoms. The summed E-state index contributed by atoms with van der Waals surface area (Å²) in [5.41, 5.74) is 0.454. The Morgan fingerprint density at radius 2 is 1.88 bits per heavy atom. The van der Waals surface area contributed by atoms with E-state index < -0.39 is 4.92 Å². The largest absolute Gasteiger partial charge is 0.288 e. The molecule has 0 saturated heterocycles. The zero-order valence-electron chi connectivity index (χ0n) is 8.12. The highest BCUT2D eigenvalue weighted by Crippen LogP contribution is 2.17. The first-order chi connectivity index (χ1) is 7.68. The Bertz CT molecular complexity index is 517. The Morgan fingerprint density at radius 3 is 2.38 bits per heavy atom. The minimum absolute atomic E-state index is 0.0114. The third kappa shape index (κ3) is 1.99. The van der Waals surface area contributed by atoms with Crippen molar-refractivity contribution < 1.29 is 9.72 Å². The highest BCUT2D eigenvalue weighted by molar-refractivity contribution is 7.12. The second-order valence-electron chi connectivity index (χ2n) is 3.11. The summed E-state index contributed by atoms with van der Waals surface area (Å²) in [6.45, 7) is 0. The molecule has 1 aromatic heterocycles. The Balaban J connectivity index is 2.29. The first-order valence-electron chi connectivity index (χ1n) is 4.51. The van der Waals surface area contributed by atoms with Gasteiger partial charge in [0.25, 0.3) is 5.69 Å². The topological polar surface area (TPSA) is 60.2 Å². The van der Waals surface area contributed by atoms with Crippen molar-refractivity contribution in [3.63, 3.8) is 0 Å². The Kier molecular flexibility index (Phi) is 2.78. The van der Waals surface area contributed by atoms with Crippen LogP contribution in [0.5, 0.6) is 0 Å². The molecule has 2 aromatic rings. The fraction of sp³-hybridized carbons (Fsp3) is 0. The highest BCUT2D eigenvalue weighted by Gasteiger charge is 2.11. The zero-order chi connectivity index (χ0) is 11.5. The van der Waals surface area contributed by atoms with Gasteiger partial charge in [0.1, 0.15) is 0 Å². The molecule has 0 unspecified atom stereocenters. The van der Waals surface area contributed by atoms with Crippen LogP contribution in [-0.4, -0.2) is 10.7 Å². The summed E-state index contributed by atoms with van der Waals surface area (Å²) in [5.74, 6) is -0.107. The molecule has 0 aliphatic rings. The number of carbonyl (C=O) groups is 1. The van der Waals surface area contributed by atoms with Crippen LogP contribution < -0.4 is 0 Å². The van der Waals surface area contributed by atoms with Crippen LogP contribution in [0.3, 0.4) is 0 Å². The fourth-order valence-electron chi connectivity index (χ4n) is 1.28. The van der Waals surface area contributed by atoms with E-state index in [9.17, 15) is 14.9 Å². The standard InChI is InChI=1S/C11H7NO3S/c13-11(10-2-1-7-16-10)8-3-5-9(6-4-8)12(14)15/h1-7H/i11-1. The van der Waals surface area contributed by atoms with Gasteiger partial charge in [-0.05, 0) is 23.6 Å². The smallest absolute Gasteiger partial charge is 0.269 e. The molecular weight excluding hydrogens is 225 g/mol. The fourth-order valence-corrected chi connectivity index (χ4v) is 1.97. The minimum Gasteiger partial charge on any atom is -0.288 e. The van der Waals surface area contributed by atoms with Crippen LogP contribution in [0.1, 0.15) is 15.2 Å². The molecule has 0 N–H and O–H groups in total. The Morgan fingerprint density at radius 1 is 1.19 bits per heavy atom. The number of hydrogen-bond acceptors (Lipinski definition) is 4. The number of rotatable bonds is 3. The summed E-state index contributed by atoms with van der Waals surface area (Å²) < 4.78 is 0. The molecule has 0 spiro atoms. The molecule has 80 valence electrons. The van der Waals surface area contributed by atoms with Gasteiger partial charge in [-0.1, -0.05) is 6.07 Å². The second kappa shape index (κ2) is 4.24. The Labute approximate surface area is 95.3 Å². The van der Waals surface area contributed by atoms with Crippen molar-refractivity contribution in [1.29, 1.82) is 0 Å². The van der Waals surface area contributed by atoms with Crippen LogP contribution in [-0.2, 0) is 0 Å². The van der Waals surface area contributed by atoms with Crippen molar-refractivity contribution in [1.82, 2.24) is 0 Å². The average Bonchev–Trinajstić information content (AvgIpc) is 2.81. The van der Waals surface area contributed by atoms with Gasteiger partial charge >= 0.3 is 0 Å². The Hall–Kier alpha value is -2.01. The van der Waals surface area contributed by atoms with Gasteiger partial charge < -0.3 is 0 Å². The van der Waals surface area contributed by atoms with Crippen LogP contribution >= 0.6 is 11.3 Å². The lowest BCUT2D eigenvalue weighted by Crippen LogP contribution is -1.98. The number of non-ortho nitro benzene ring substituents is 1.